The van der Waals surface area contributed by atoms with Crippen LogP contribution in [-0.2, 0) is 11.2 Å². The van der Waals surface area contributed by atoms with Gasteiger partial charge in [-0.1, -0.05) is 0 Å². The highest BCUT2D eigenvalue weighted by Crippen LogP contribution is 2.09. The molecule has 88 valence electrons. The zero-order chi connectivity index (χ0) is 11.4. The van der Waals surface area contributed by atoms with Crippen LogP contribution in [0.5, 0.6) is 0 Å². The van der Waals surface area contributed by atoms with Crippen LogP contribution in [0.1, 0.15) is 11.6 Å². The fourth-order valence-corrected chi connectivity index (χ4v) is 2.47. The summed E-state index contributed by atoms with van der Waals surface area (Å²) in [7, 11) is 0. The fraction of sp³-hybridized carbons (Fsp3) is 0.600. The number of amides is 1. The van der Waals surface area contributed by atoms with Crippen LogP contribution in [0.2, 0.25) is 0 Å². The Hall–Kier alpha value is -1.01. The number of hydrogen-bond donors (Lipinski definition) is 2. The molecule has 5 nitrogen and oxygen atoms in total. The van der Waals surface area contributed by atoms with Crippen molar-refractivity contribution in [1.29, 1.82) is 0 Å². The molecular formula is C10H15N3O2S. The summed E-state index contributed by atoms with van der Waals surface area (Å²) in [5.41, 5.74) is 0.881. The van der Waals surface area contributed by atoms with E-state index >= 15 is 0 Å². The standard InChI is InChI=1S/C10H15N3O2S/c1-7-13-8(4-15-7)2-3-11-10(14)9-5-16-6-12-9/h4,9,12H,2-3,5-6H2,1H3,(H,11,14). The molecule has 2 rings (SSSR count). The lowest BCUT2D eigenvalue weighted by Crippen LogP contribution is -2.42. The topological polar surface area (TPSA) is 67.2 Å². The minimum absolute atomic E-state index is 0.0379. The second-order valence-electron chi connectivity index (χ2n) is 3.67. The van der Waals surface area contributed by atoms with Crippen molar-refractivity contribution in [3.05, 3.63) is 17.8 Å². The Morgan fingerprint density at radius 2 is 2.69 bits per heavy atom. The smallest absolute Gasteiger partial charge is 0.238 e. The van der Waals surface area contributed by atoms with Gasteiger partial charge in [-0.05, 0) is 0 Å². The number of hydrogen-bond acceptors (Lipinski definition) is 5. The minimum atomic E-state index is -0.0379. The molecule has 1 aliphatic heterocycles. The summed E-state index contributed by atoms with van der Waals surface area (Å²) in [5, 5.41) is 6.01. The van der Waals surface area contributed by atoms with Gasteiger partial charge in [0.05, 0.1) is 11.7 Å². The van der Waals surface area contributed by atoms with Crippen molar-refractivity contribution in [3.8, 4) is 0 Å². The summed E-state index contributed by atoms with van der Waals surface area (Å²) >= 11 is 1.74. The molecule has 16 heavy (non-hydrogen) atoms. The predicted octanol–water partition coefficient (Wildman–Crippen LogP) is 0.304. The first-order valence-electron chi connectivity index (χ1n) is 5.25. The summed E-state index contributed by atoms with van der Waals surface area (Å²) in [4.78, 5) is 15.8. The normalized spacial score (nSPS) is 19.9. The number of oxazole rings is 1. The molecule has 0 bridgehead atoms. The van der Waals surface area contributed by atoms with Crippen molar-refractivity contribution in [2.75, 3.05) is 18.2 Å². The Morgan fingerprint density at radius 1 is 1.81 bits per heavy atom. The molecule has 1 aromatic heterocycles. The molecule has 1 atom stereocenters. The Kier molecular flexibility index (Phi) is 3.84. The van der Waals surface area contributed by atoms with Crippen molar-refractivity contribution in [2.24, 2.45) is 0 Å². The average Bonchev–Trinajstić information content (AvgIpc) is 2.89. The highest BCUT2D eigenvalue weighted by atomic mass is 32.2. The summed E-state index contributed by atoms with van der Waals surface area (Å²) in [5.74, 6) is 2.45. The number of carbonyl (C=O) groups excluding carboxylic acids is 1. The highest BCUT2D eigenvalue weighted by molar-refractivity contribution is 7.99. The third-order valence-corrected chi connectivity index (χ3v) is 3.32. The van der Waals surface area contributed by atoms with Gasteiger partial charge in [0.1, 0.15) is 6.26 Å². The lowest BCUT2D eigenvalue weighted by Gasteiger charge is -2.09. The zero-order valence-corrected chi connectivity index (χ0v) is 9.97. The molecular weight excluding hydrogens is 226 g/mol. The van der Waals surface area contributed by atoms with E-state index in [2.05, 4.69) is 15.6 Å². The first-order valence-corrected chi connectivity index (χ1v) is 6.41. The van der Waals surface area contributed by atoms with Crippen molar-refractivity contribution in [2.45, 2.75) is 19.4 Å². The fourth-order valence-electron chi connectivity index (χ4n) is 1.52. The van der Waals surface area contributed by atoms with E-state index in [0.717, 1.165) is 17.3 Å². The van der Waals surface area contributed by atoms with Gasteiger partial charge in [0.25, 0.3) is 0 Å². The maximum absolute atomic E-state index is 11.6. The second-order valence-corrected chi connectivity index (χ2v) is 4.70. The molecule has 0 spiro atoms. The van der Waals surface area contributed by atoms with Crippen LogP contribution in [-0.4, -0.2) is 35.1 Å². The third kappa shape index (κ3) is 2.99. The van der Waals surface area contributed by atoms with Gasteiger partial charge in [0.2, 0.25) is 5.91 Å². The average molecular weight is 241 g/mol. The number of thioether (sulfide) groups is 1. The van der Waals surface area contributed by atoms with E-state index in [4.69, 9.17) is 4.42 Å². The Labute approximate surface area is 98.4 Å². The van der Waals surface area contributed by atoms with Crippen molar-refractivity contribution in [1.82, 2.24) is 15.6 Å². The molecule has 6 heteroatoms. The molecule has 0 aromatic carbocycles. The van der Waals surface area contributed by atoms with E-state index < -0.39 is 0 Å². The van der Waals surface area contributed by atoms with Gasteiger partial charge in [-0.25, -0.2) is 4.98 Å². The number of aromatic nitrogens is 1. The quantitative estimate of drug-likeness (QED) is 0.794. The second kappa shape index (κ2) is 5.36. The highest BCUT2D eigenvalue weighted by Gasteiger charge is 2.21. The molecule has 2 N–H and O–H groups in total. The molecule has 0 saturated carbocycles. The molecule has 1 saturated heterocycles. The molecule has 1 unspecified atom stereocenters. The summed E-state index contributed by atoms with van der Waals surface area (Å²) in [6, 6.07) is -0.0379. The van der Waals surface area contributed by atoms with Gasteiger partial charge >= 0.3 is 0 Å². The molecule has 1 aliphatic rings. The van der Waals surface area contributed by atoms with Crippen molar-refractivity contribution >= 4 is 17.7 Å². The van der Waals surface area contributed by atoms with E-state index in [1.165, 1.54) is 0 Å². The maximum atomic E-state index is 11.6. The SMILES string of the molecule is Cc1nc(CCNC(=O)C2CSCN2)co1. The van der Waals surface area contributed by atoms with Gasteiger partial charge in [0, 0.05) is 31.5 Å². The third-order valence-electron chi connectivity index (χ3n) is 2.38. The van der Waals surface area contributed by atoms with Crippen molar-refractivity contribution < 1.29 is 9.21 Å². The van der Waals surface area contributed by atoms with Crippen LogP contribution in [0.15, 0.2) is 10.7 Å². The van der Waals surface area contributed by atoms with Crippen LogP contribution < -0.4 is 10.6 Å². The Bertz CT molecular complexity index is 361. The number of carbonyl (C=O) groups is 1. The largest absolute Gasteiger partial charge is 0.449 e. The minimum Gasteiger partial charge on any atom is -0.449 e. The van der Waals surface area contributed by atoms with Gasteiger partial charge in [-0.2, -0.15) is 0 Å². The number of rotatable bonds is 4. The molecule has 0 radical (unpaired) electrons. The lowest BCUT2D eigenvalue weighted by molar-refractivity contribution is -0.122. The van der Waals surface area contributed by atoms with E-state index in [1.54, 1.807) is 18.0 Å². The van der Waals surface area contributed by atoms with Gasteiger partial charge in [0.15, 0.2) is 5.89 Å². The van der Waals surface area contributed by atoms with Crippen molar-refractivity contribution in [3.63, 3.8) is 0 Å². The van der Waals surface area contributed by atoms with Crippen LogP contribution in [0, 0.1) is 6.92 Å². The van der Waals surface area contributed by atoms with E-state index in [0.29, 0.717) is 18.9 Å². The Balaban J connectivity index is 1.69. The summed E-state index contributed by atoms with van der Waals surface area (Å²) in [6.07, 6.45) is 2.34. The van der Waals surface area contributed by atoms with Crippen LogP contribution in [0.25, 0.3) is 0 Å². The maximum Gasteiger partial charge on any atom is 0.238 e. The number of nitrogens with one attached hydrogen (secondary N) is 2. The zero-order valence-electron chi connectivity index (χ0n) is 9.16. The first-order chi connectivity index (χ1) is 7.75. The van der Waals surface area contributed by atoms with E-state index in [-0.39, 0.29) is 11.9 Å². The molecule has 2 heterocycles. The van der Waals surface area contributed by atoms with E-state index in [1.807, 2.05) is 6.92 Å². The molecule has 1 amide bonds. The van der Waals surface area contributed by atoms with Crippen LogP contribution >= 0.6 is 11.8 Å². The van der Waals surface area contributed by atoms with Gasteiger partial charge < -0.3 is 9.73 Å². The van der Waals surface area contributed by atoms with Gasteiger partial charge in [-0.15, -0.1) is 11.8 Å². The summed E-state index contributed by atoms with van der Waals surface area (Å²) < 4.78 is 5.08. The summed E-state index contributed by atoms with van der Waals surface area (Å²) in [6.45, 7) is 2.41. The molecule has 1 fully saturated rings. The van der Waals surface area contributed by atoms with Crippen LogP contribution in [0.3, 0.4) is 0 Å². The first kappa shape index (κ1) is 11.5. The molecule has 1 aromatic rings. The Morgan fingerprint density at radius 3 is 3.31 bits per heavy atom. The monoisotopic (exact) mass is 241 g/mol. The number of nitrogens with zero attached hydrogens (tertiary/aromatic N) is 1. The predicted molar refractivity (Wildman–Crippen MR) is 62.2 cm³/mol. The lowest BCUT2D eigenvalue weighted by atomic mass is 10.3. The van der Waals surface area contributed by atoms with Crippen LogP contribution in [0.4, 0.5) is 0 Å². The molecule has 0 aliphatic carbocycles. The number of aryl methyl sites for hydroxylation is 1. The van der Waals surface area contributed by atoms with Gasteiger partial charge in [-0.3, -0.25) is 10.1 Å². The van der Waals surface area contributed by atoms with E-state index in [9.17, 15) is 4.79 Å².